The molecule has 166 valence electrons. The van der Waals surface area contributed by atoms with Gasteiger partial charge in [0.05, 0.1) is 32.3 Å². The number of methoxy groups -OCH3 is 1. The summed E-state index contributed by atoms with van der Waals surface area (Å²) in [6, 6.07) is 0. The number of nitrogens with zero attached hydrogens (tertiary/aromatic N) is 1. The number of aryl methyl sites for hydroxylation is 1. The Labute approximate surface area is 165 Å². The van der Waals surface area contributed by atoms with E-state index in [-0.39, 0.29) is 31.8 Å². The van der Waals surface area contributed by atoms with E-state index in [1.54, 1.807) is 0 Å². The van der Waals surface area contributed by atoms with Crippen molar-refractivity contribution in [1.82, 2.24) is 9.55 Å². The lowest BCUT2D eigenvalue weighted by Gasteiger charge is -2.24. The average molecular weight is 442 g/mol. The minimum absolute atomic E-state index is 0.0687. The first kappa shape index (κ1) is 23.8. The summed E-state index contributed by atoms with van der Waals surface area (Å²) in [5.74, 6) is 0. The maximum atomic E-state index is 14.3. The van der Waals surface area contributed by atoms with E-state index >= 15 is 0 Å². The van der Waals surface area contributed by atoms with Crippen molar-refractivity contribution in [3.63, 3.8) is 0 Å². The second kappa shape index (κ2) is 9.59. The van der Waals surface area contributed by atoms with Crippen LogP contribution in [0.1, 0.15) is 31.6 Å². The van der Waals surface area contributed by atoms with E-state index in [2.05, 4.69) is 9.51 Å². The van der Waals surface area contributed by atoms with Crippen molar-refractivity contribution in [3.05, 3.63) is 32.6 Å². The molecule has 1 aromatic heterocycles. The fourth-order valence-electron chi connectivity index (χ4n) is 2.96. The number of ether oxygens (including phenoxy) is 3. The number of H-pyrrole nitrogens is 1. The van der Waals surface area contributed by atoms with Gasteiger partial charge in [0.25, 0.3) is 5.56 Å². The summed E-state index contributed by atoms with van der Waals surface area (Å²) in [4.78, 5) is 35.4. The smallest absolute Gasteiger partial charge is 0.382 e. The highest BCUT2D eigenvalue weighted by atomic mass is 31.2. The molecule has 2 heterocycles. The van der Waals surface area contributed by atoms with E-state index in [0.717, 1.165) is 4.57 Å². The van der Waals surface area contributed by atoms with E-state index in [9.17, 15) is 27.8 Å². The molecule has 1 fully saturated rings. The Morgan fingerprint density at radius 1 is 1.41 bits per heavy atom. The number of alkyl halides is 2. The molecule has 0 aromatic carbocycles. The molecular weight excluding hydrogens is 417 g/mol. The third-order valence-corrected chi connectivity index (χ3v) is 5.99. The fraction of sp³-hybridized carbons (Fsp3) is 0.750. The van der Waals surface area contributed by atoms with Crippen LogP contribution < -0.4 is 11.2 Å². The molecule has 13 heteroatoms. The molecule has 4 atom stereocenters. The highest BCUT2D eigenvalue weighted by Crippen LogP contribution is 2.60. The Kier molecular flexibility index (Phi) is 7.88. The summed E-state index contributed by atoms with van der Waals surface area (Å²) in [6.45, 7) is 2.77. The van der Waals surface area contributed by atoms with Crippen LogP contribution in [0.2, 0.25) is 0 Å². The molecule has 1 aliphatic heterocycles. The van der Waals surface area contributed by atoms with Crippen molar-refractivity contribution in [2.24, 2.45) is 0 Å². The predicted molar refractivity (Wildman–Crippen MR) is 97.2 cm³/mol. The first-order valence-electron chi connectivity index (χ1n) is 8.95. The van der Waals surface area contributed by atoms with Crippen LogP contribution in [0.25, 0.3) is 0 Å². The number of aromatic nitrogens is 2. The Morgan fingerprint density at radius 3 is 2.72 bits per heavy atom. The molecule has 29 heavy (non-hydrogen) atoms. The maximum absolute atomic E-state index is 14.3. The van der Waals surface area contributed by atoms with Gasteiger partial charge in [-0.3, -0.25) is 18.9 Å². The lowest BCUT2D eigenvalue weighted by molar-refractivity contribution is -0.0853. The first-order valence-corrected chi connectivity index (χ1v) is 10.5. The molecule has 2 unspecified atom stereocenters. The number of nitrogens with one attached hydrogen (secondary N) is 1. The number of hydrogen-bond acceptors (Lipinski definition) is 7. The molecule has 1 saturated heterocycles. The maximum Gasteiger partial charge on any atom is 0.397 e. The van der Waals surface area contributed by atoms with Crippen molar-refractivity contribution in [2.45, 2.75) is 50.8 Å². The molecule has 0 amide bonds. The molecular formula is C16H25F2N2O8P. The van der Waals surface area contributed by atoms with E-state index in [4.69, 9.17) is 14.2 Å². The van der Waals surface area contributed by atoms with Gasteiger partial charge in [-0.1, -0.05) is 0 Å². The highest BCUT2D eigenvalue weighted by Gasteiger charge is 2.54. The molecule has 1 aromatic rings. The highest BCUT2D eigenvalue weighted by molar-refractivity contribution is 7.54. The lowest BCUT2D eigenvalue weighted by atomic mass is 10.1. The summed E-state index contributed by atoms with van der Waals surface area (Å²) in [6.07, 6.45) is -3.04. The first-order chi connectivity index (χ1) is 13.5. The largest absolute Gasteiger partial charge is 0.397 e. The molecule has 2 N–H and O–H groups in total. The molecule has 0 spiro atoms. The van der Waals surface area contributed by atoms with Gasteiger partial charge in [-0.15, -0.1) is 0 Å². The summed E-state index contributed by atoms with van der Waals surface area (Å²) in [7, 11) is -3.74. The monoisotopic (exact) mass is 442 g/mol. The zero-order valence-corrected chi connectivity index (χ0v) is 17.2. The molecule has 0 saturated carbocycles. The van der Waals surface area contributed by atoms with Gasteiger partial charge >= 0.3 is 18.9 Å². The van der Waals surface area contributed by atoms with Gasteiger partial charge in [-0.2, -0.15) is 8.78 Å². The SMILES string of the molecule is CCOP(=O)(O)C(F)(F)C[C@@H]1C[C@@H](OCCOC)C(n2cc(C)c(=O)[nH]c2=O)O1. The van der Waals surface area contributed by atoms with E-state index in [1.807, 2.05) is 0 Å². The van der Waals surface area contributed by atoms with Crippen LogP contribution in [0, 0.1) is 6.92 Å². The number of hydrogen-bond donors (Lipinski definition) is 2. The number of aromatic amines is 1. The van der Waals surface area contributed by atoms with Gasteiger partial charge in [-0.25, -0.2) is 4.79 Å². The summed E-state index contributed by atoms with van der Waals surface area (Å²) >= 11 is 0. The minimum atomic E-state index is -5.20. The van der Waals surface area contributed by atoms with Gasteiger partial charge in [-0.05, 0) is 13.8 Å². The van der Waals surface area contributed by atoms with Crippen LogP contribution in [0.5, 0.6) is 0 Å². The van der Waals surface area contributed by atoms with Crippen LogP contribution in [-0.2, 0) is 23.3 Å². The van der Waals surface area contributed by atoms with Crippen molar-refractivity contribution in [1.29, 1.82) is 0 Å². The topological polar surface area (TPSA) is 129 Å². The third kappa shape index (κ3) is 5.59. The standard InChI is InChI=1S/C16H25F2N2O8P/c1-4-27-29(23,24)16(17,18)8-11-7-12(26-6-5-25-3)14(28-11)20-9-10(2)13(21)19-15(20)22/h9,11-12,14H,4-8H2,1-3H3,(H,23,24)(H,19,21,22)/t11-,12+,14?/m0/s1. The Bertz CT molecular complexity index is 858. The second-order valence-corrected chi connectivity index (χ2v) is 8.53. The summed E-state index contributed by atoms with van der Waals surface area (Å²) in [5, 5.41) is 0. The molecule has 2 rings (SSSR count). The number of halogens is 2. The molecule has 0 radical (unpaired) electrons. The number of rotatable bonds is 10. The van der Waals surface area contributed by atoms with Gasteiger partial charge in [0.15, 0.2) is 6.23 Å². The Morgan fingerprint density at radius 2 is 2.10 bits per heavy atom. The van der Waals surface area contributed by atoms with Crippen LogP contribution in [0.4, 0.5) is 8.78 Å². The van der Waals surface area contributed by atoms with Crippen molar-refractivity contribution in [2.75, 3.05) is 26.9 Å². The quantitative estimate of drug-likeness (QED) is 0.411. The van der Waals surface area contributed by atoms with Gasteiger partial charge in [0.2, 0.25) is 0 Å². The molecule has 0 aliphatic carbocycles. The normalized spacial score (nSPS) is 24.6. The van der Waals surface area contributed by atoms with Crippen LogP contribution in [0.15, 0.2) is 15.8 Å². The second-order valence-electron chi connectivity index (χ2n) is 6.57. The third-order valence-electron chi connectivity index (χ3n) is 4.38. The lowest BCUT2D eigenvalue weighted by Crippen LogP contribution is -2.37. The van der Waals surface area contributed by atoms with E-state index in [1.165, 1.54) is 27.2 Å². The fourth-order valence-corrected chi connectivity index (χ4v) is 3.93. The summed E-state index contributed by atoms with van der Waals surface area (Å²) < 4.78 is 61.9. The Balaban J connectivity index is 2.26. The van der Waals surface area contributed by atoms with Crippen molar-refractivity contribution < 1.29 is 37.0 Å². The average Bonchev–Trinajstić information content (AvgIpc) is 3.00. The molecule has 0 bridgehead atoms. The van der Waals surface area contributed by atoms with Crippen LogP contribution in [0.3, 0.4) is 0 Å². The van der Waals surface area contributed by atoms with Crippen LogP contribution >= 0.6 is 7.60 Å². The van der Waals surface area contributed by atoms with E-state index < -0.39 is 49.4 Å². The van der Waals surface area contributed by atoms with E-state index in [0.29, 0.717) is 0 Å². The predicted octanol–water partition coefficient (Wildman–Crippen LogP) is 1.37. The Hall–Kier alpha value is -1.43. The van der Waals surface area contributed by atoms with Crippen molar-refractivity contribution >= 4 is 7.60 Å². The summed E-state index contributed by atoms with van der Waals surface area (Å²) in [5.41, 5.74) is -5.21. The van der Waals surface area contributed by atoms with Gasteiger partial charge in [0.1, 0.15) is 6.10 Å². The molecule has 10 nitrogen and oxygen atoms in total. The minimum Gasteiger partial charge on any atom is -0.382 e. The van der Waals surface area contributed by atoms with Crippen molar-refractivity contribution in [3.8, 4) is 0 Å². The molecule has 1 aliphatic rings. The van der Waals surface area contributed by atoms with Gasteiger partial charge < -0.3 is 23.6 Å². The zero-order chi connectivity index (χ0) is 21.8. The van der Waals surface area contributed by atoms with Crippen LogP contribution in [-0.4, -0.2) is 59.2 Å². The zero-order valence-electron chi connectivity index (χ0n) is 16.3. The van der Waals surface area contributed by atoms with Gasteiger partial charge in [0, 0.05) is 25.3 Å².